The van der Waals surface area contributed by atoms with Crippen molar-refractivity contribution < 1.29 is 9.18 Å². The van der Waals surface area contributed by atoms with Crippen LogP contribution in [0.3, 0.4) is 0 Å². The van der Waals surface area contributed by atoms with Crippen LogP contribution in [-0.2, 0) is 0 Å². The minimum Gasteiger partial charge on any atom is -0.367 e. The van der Waals surface area contributed by atoms with E-state index in [2.05, 4.69) is 20.2 Å². The Hall–Kier alpha value is -3.78. The maximum atomic E-state index is 13.5. The molecule has 1 fully saturated rings. The van der Waals surface area contributed by atoms with Gasteiger partial charge in [-0.3, -0.25) is 9.78 Å². The Labute approximate surface area is 195 Å². The molecule has 0 atom stereocenters. The Kier molecular flexibility index (Phi) is 5.75. The highest BCUT2D eigenvalue weighted by atomic mass is 35.5. The van der Waals surface area contributed by atoms with Crippen LogP contribution in [0.1, 0.15) is 10.5 Å². The molecule has 2 aromatic carbocycles. The maximum Gasteiger partial charge on any atom is 0.276 e. The lowest BCUT2D eigenvalue weighted by Crippen LogP contribution is -2.49. The molecule has 1 amide bonds. The molecule has 33 heavy (non-hydrogen) atoms. The number of hydrogen-bond acceptors (Lipinski definition) is 5. The summed E-state index contributed by atoms with van der Waals surface area (Å²) >= 11 is 6.34. The molecule has 4 aromatic rings. The molecule has 7 nitrogen and oxygen atoms in total. The Morgan fingerprint density at radius 2 is 1.61 bits per heavy atom. The number of aromatic nitrogens is 4. The molecule has 0 unspecified atom stereocenters. The van der Waals surface area contributed by atoms with Gasteiger partial charge in [0, 0.05) is 44.1 Å². The van der Waals surface area contributed by atoms with E-state index in [1.54, 1.807) is 46.2 Å². The molecule has 3 heterocycles. The highest BCUT2D eigenvalue weighted by molar-refractivity contribution is 6.33. The van der Waals surface area contributed by atoms with E-state index < -0.39 is 0 Å². The van der Waals surface area contributed by atoms with E-state index in [1.807, 2.05) is 24.3 Å². The van der Waals surface area contributed by atoms with E-state index in [9.17, 15) is 9.18 Å². The van der Waals surface area contributed by atoms with E-state index in [1.165, 1.54) is 12.1 Å². The Morgan fingerprint density at radius 3 is 2.30 bits per heavy atom. The number of anilines is 1. The van der Waals surface area contributed by atoms with Gasteiger partial charge in [-0.25, -0.2) is 9.07 Å². The summed E-state index contributed by atoms with van der Waals surface area (Å²) in [4.78, 5) is 21.5. The van der Waals surface area contributed by atoms with Crippen molar-refractivity contribution in [2.45, 2.75) is 0 Å². The molecule has 1 aliphatic heterocycles. The molecule has 0 saturated carbocycles. The molecule has 1 aliphatic rings. The van der Waals surface area contributed by atoms with Crippen LogP contribution in [-0.4, -0.2) is 57.0 Å². The highest BCUT2D eigenvalue weighted by Gasteiger charge is 2.29. The zero-order valence-corrected chi connectivity index (χ0v) is 18.4. The molecule has 1 saturated heterocycles. The first kappa shape index (κ1) is 21.1. The van der Waals surface area contributed by atoms with Crippen LogP contribution in [0.4, 0.5) is 10.1 Å². The van der Waals surface area contributed by atoms with Gasteiger partial charge in [-0.1, -0.05) is 28.9 Å². The van der Waals surface area contributed by atoms with Crippen molar-refractivity contribution >= 4 is 23.2 Å². The fourth-order valence-corrected chi connectivity index (χ4v) is 4.22. The third-order valence-corrected chi connectivity index (χ3v) is 5.98. The number of carbonyl (C=O) groups is 1. The largest absolute Gasteiger partial charge is 0.367 e. The van der Waals surface area contributed by atoms with Crippen molar-refractivity contribution in [3.05, 3.63) is 89.6 Å². The maximum absolute atomic E-state index is 13.5. The van der Waals surface area contributed by atoms with E-state index in [-0.39, 0.29) is 17.4 Å². The minimum atomic E-state index is -0.350. The zero-order chi connectivity index (χ0) is 22.8. The summed E-state index contributed by atoms with van der Waals surface area (Å²) in [5, 5.41) is 9.16. The smallest absolute Gasteiger partial charge is 0.276 e. The number of pyridine rings is 1. The standard InChI is InChI=1S/C24H20ClFN6O/c25-20-3-1-2-4-21(20)30-13-15-31(16-14-30)24(33)22-23(17-9-11-27-12-10-17)32(29-28-22)19-7-5-18(26)6-8-19/h1-12H,13-16H2. The number of benzene rings is 2. The van der Waals surface area contributed by atoms with Crippen LogP contribution in [0, 0.1) is 5.82 Å². The van der Waals surface area contributed by atoms with E-state index >= 15 is 0 Å². The Balaban J connectivity index is 1.44. The second kappa shape index (κ2) is 8.99. The summed E-state index contributed by atoms with van der Waals surface area (Å²) < 4.78 is 15.0. The second-order valence-electron chi connectivity index (χ2n) is 7.64. The number of amides is 1. The number of carbonyl (C=O) groups excluding carboxylic acids is 1. The number of hydrogen-bond donors (Lipinski definition) is 0. The predicted octanol–water partition coefficient (Wildman–Crippen LogP) is 4.08. The molecule has 9 heteroatoms. The van der Waals surface area contributed by atoms with Crippen molar-refractivity contribution in [1.82, 2.24) is 24.9 Å². The summed E-state index contributed by atoms with van der Waals surface area (Å²) in [6.07, 6.45) is 3.29. The second-order valence-corrected chi connectivity index (χ2v) is 8.05. The fourth-order valence-electron chi connectivity index (χ4n) is 3.97. The van der Waals surface area contributed by atoms with Crippen molar-refractivity contribution in [2.75, 3.05) is 31.1 Å². The van der Waals surface area contributed by atoms with Gasteiger partial charge in [0.2, 0.25) is 0 Å². The molecular formula is C24H20ClFN6O. The number of para-hydroxylation sites is 1. The third kappa shape index (κ3) is 4.17. The van der Waals surface area contributed by atoms with Crippen LogP contribution >= 0.6 is 11.6 Å². The lowest BCUT2D eigenvalue weighted by molar-refractivity contribution is 0.0741. The summed E-state index contributed by atoms with van der Waals surface area (Å²) in [5.74, 6) is -0.550. The molecule has 2 aromatic heterocycles. The normalized spacial score (nSPS) is 13.9. The van der Waals surface area contributed by atoms with E-state index in [4.69, 9.17) is 11.6 Å². The zero-order valence-electron chi connectivity index (χ0n) is 17.6. The van der Waals surface area contributed by atoms with Crippen LogP contribution in [0.5, 0.6) is 0 Å². The van der Waals surface area contributed by atoms with E-state index in [0.29, 0.717) is 42.6 Å². The number of piperazine rings is 1. The summed E-state index contributed by atoms with van der Waals surface area (Å²) in [6, 6.07) is 17.2. The van der Waals surface area contributed by atoms with Gasteiger partial charge in [0.15, 0.2) is 5.69 Å². The summed E-state index contributed by atoms with van der Waals surface area (Å²) in [7, 11) is 0. The molecular weight excluding hydrogens is 443 g/mol. The van der Waals surface area contributed by atoms with Crippen LogP contribution < -0.4 is 4.90 Å². The molecule has 0 N–H and O–H groups in total. The lowest BCUT2D eigenvalue weighted by atomic mass is 10.1. The Morgan fingerprint density at radius 1 is 0.909 bits per heavy atom. The van der Waals surface area contributed by atoms with Gasteiger partial charge < -0.3 is 9.80 Å². The monoisotopic (exact) mass is 462 g/mol. The molecule has 5 rings (SSSR count). The van der Waals surface area contributed by atoms with Crippen molar-refractivity contribution in [2.24, 2.45) is 0 Å². The van der Waals surface area contributed by atoms with Gasteiger partial charge in [0.1, 0.15) is 11.5 Å². The number of halogens is 2. The molecule has 166 valence electrons. The van der Waals surface area contributed by atoms with Gasteiger partial charge in [0.25, 0.3) is 5.91 Å². The highest BCUT2D eigenvalue weighted by Crippen LogP contribution is 2.28. The van der Waals surface area contributed by atoms with Crippen molar-refractivity contribution in [3.63, 3.8) is 0 Å². The first-order valence-electron chi connectivity index (χ1n) is 10.5. The van der Waals surface area contributed by atoms with Gasteiger partial charge >= 0.3 is 0 Å². The quantitative estimate of drug-likeness (QED) is 0.457. The van der Waals surface area contributed by atoms with Crippen LogP contribution in [0.15, 0.2) is 73.1 Å². The molecule has 0 radical (unpaired) electrons. The predicted molar refractivity (Wildman–Crippen MR) is 124 cm³/mol. The summed E-state index contributed by atoms with van der Waals surface area (Å²) in [6.45, 7) is 2.38. The SMILES string of the molecule is O=C(c1nnn(-c2ccc(F)cc2)c1-c1ccncc1)N1CCN(c2ccccc2Cl)CC1. The molecule has 0 spiro atoms. The summed E-state index contributed by atoms with van der Waals surface area (Å²) in [5.41, 5.74) is 3.11. The third-order valence-electron chi connectivity index (χ3n) is 5.66. The van der Waals surface area contributed by atoms with Crippen LogP contribution in [0.25, 0.3) is 16.9 Å². The van der Waals surface area contributed by atoms with Gasteiger partial charge in [-0.2, -0.15) is 0 Å². The first-order valence-corrected chi connectivity index (χ1v) is 10.9. The first-order chi connectivity index (χ1) is 16.1. The van der Waals surface area contributed by atoms with E-state index in [0.717, 1.165) is 11.3 Å². The van der Waals surface area contributed by atoms with Gasteiger partial charge in [0.05, 0.1) is 16.4 Å². The number of nitrogens with zero attached hydrogens (tertiary/aromatic N) is 6. The van der Waals surface area contributed by atoms with Gasteiger partial charge in [-0.15, -0.1) is 5.10 Å². The average molecular weight is 463 g/mol. The minimum absolute atomic E-state index is 0.200. The van der Waals surface area contributed by atoms with Crippen LogP contribution in [0.2, 0.25) is 5.02 Å². The number of rotatable bonds is 4. The van der Waals surface area contributed by atoms with Gasteiger partial charge in [-0.05, 0) is 48.5 Å². The lowest BCUT2D eigenvalue weighted by Gasteiger charge is -2.36. The average Bonchev–Trinajstić information content (AvgIpc) is 3.30. The topological polar surface area (TPSA) is 67.2 Å². The van der Waals surface area contributed by atoms with Crippen molar-refractivity contribution in [1.29, 1.82) is 0 Å². The fraction of sp³-hybridized carbons (Fsp3) is 0.167. The Bertz CT molecular complexity index is 1270. The van der Waals surface area contributed by atoms with Crippen molar-refractivity contribution in [3.8, 4) is 16.9 Å². The molecule has 0 aliphatic carbocycles. The molecule has 0 bridgehead atoms.